The minimum atomic E-state index is -4.19. The lowest BCUT2D eigenvalue weighted by molar-refractivity contribution is -0.125. The van der Waals surface area contributed by atoms with E-state index in [0.717, 1.165) is 30.1 Å². The lowest BCUT2D eigenvalue weighted by atomic mass is 10.0. The SMILES string of the molecule is Cc1cc(S(=O)(=O)N2c3ccccc3NC(=O)C2CC(=O)NCCC2CCCCN2)c(C)cc1Cl. The van der Waals surface area contributed by atoms with Crippen LogP contribution in [0.4, 0.5) is 11.4 Å². The third-order valence-electron chi connectivity index (χ3n) is 6.58. The number of carbonyl (C=O) groups is 2. The van der Waals surface area contributed by atoms with E-state index in [4.69, 9.17) is 11.6 Å². The Labute approximate surface area is 211 Å². The lowest BCUT2D eigenvalue weighted by Gasteiger charge is -2.37. The number of halogens is 1. The summed E-state index contributed by atoms with van der Waals surface area (Å²) in [4.78, 5) is 26.0. The molecule has 4 rings (SSSR count). The van der Waals surface area contributed by atoms with Crippen molar-refractivity contribution in [2.24, 2.45) is 0 Å². The maximum atomic E-state index is 14.0. The average Bonchev–Trinajstić information content (AvgIpc) is 2.82. The van der Waals surface area contributed by atoms with Crippen molar-refractivity contribution in [2.75, 3.05) is 22.7 Å². The van der Waals surface area contributed by atoms with Gasteiger partial charge in [0, 0.05) is 17.6 Å². The van der Waals surface area contributed by atoms with Crippen LogP contribution in [0.3, 0.4) is 0 Å². The summed E-state index contributed by atoms with van der Waals surface area (Å²) in [5, 5.41) is 9.52. The van der Waals surface area contributed by atoms with Crippen molar-refractivity contribution in [2.45, 2.75) is 62.9 Å². The number of sulfonamides is 1. The second-order valence-electron chi connectivity index (χ2n) is 9.18. The van der Waals surface area contributed by atoms with Crippen LogP contribution in [-0.2, 0) is 19.6 Å². The second kappa shape index (κ2) is 10.6. The number of anilines is 2. The van der Waals surface area contributed by atoms with E-state index in [2.05, 4.69) is 16.0 Å². The molecule has 1 saturated heterocycles. The summed E-state index contributed by atoms with van der Waals surface area (Å²) in [6, 6.07) is 8.94. The molecule has 0 spiro atoms. The molecule has 35 heavy (non-hydrogen) atoms. The van der Waals surface area contributed by atoms with E-state index in [1.165, 1.54) is 12.5 Å². The number of nitrogens with one attached hydrogen (secondary N) is 3. The van der Waals surface area contributed by atoms with Gasteiger partial charge in [-0.15, -0.1) is 0 Å². The molecule has 1 fully saturated rings. The van der Waals surface area contributed by atoms with Crippen LogP contribution in [-0.4, -0.2) is 45.4 Å². The Morgan fingerprint density at radius 2 is 1.94 bits per heavy atom. The number of aryl methyl sites for hydroxylation is 2. The Morgan fingerprint density at radius 1 is 1.17 bits per heavy atom. The minimum Gasteiger partial charge on any atom is -0.356 e. The molecule has 2 aromatic rings. The molecule has 0 bridgehead atoms. The van der Waals surface area contributed by atoms with Crippen molar-refractivity contribution in [3.05, 3.63) is 52.5 Å². The fourth-order valence-corrected chi connectivity index (χ4v) is 6.82. The van der Waals surface area contributed by atoms with Crippen molar-refractivity contribution in [3.63, 3.8) is 0 Å². The Bertz CT molecular complexity index is 1230. The number of carbonyl (C=O) groups excluding carboxylic acids is 2. The highest BCUT2D eigenvalue weighted by molar-refractivity contribution is 7.93. The van der Waals surface area contributed by atoms with Gasteiger partial charge in [-0.05, 0) is 75.0 Å². The largest absolute Gasteiger partial charge is 0.356 e. The molecule has 188 valence electrons. The van der Waals surface area contributed by atoms with Crippen molar-refractivity contribution in [1.29, 1.82) is 0 Å². The topological polar surface area (TPSA) is 108 Å². The third kappa shape index (κ3) is 5.47. The molecule has 0 saturated carbocycles. The molecule has 8 nitrogen and oxygen atoms in total. The highest BCUT2D eigenvalue weighted by atomic mass is 35.5. The highest BCUT2D eigenvalue weighted by Crippen LogP contribution is 2.38. The monoisotopic (exact) mass is 518 g/mol. The van der Waals surface area contributed by atoms with E-state index >= 15 is 0 Å². The Balaban J connectivity index is 1.61. The summed E-state index contributed by atoms with van der Waals surface area (Å²) in [5.41, 5.74) is 1.77. The summed E-state index contributed by atoms with van der Waals surface area (Å²) < 4.78 is 29.0. The van der Waals surface area contributed by atoms with E-state index in [-0.39, 0.29) is 17.2 Å². The second-order valence-corrected chi connectivity index (χ2v) is 11.4. The molecule has 0 radical (unpaired) electrons. The van der Waals surface area contributed by atoms with Crippen LogP contribution in [0.2, 0.25) is 5.02 Å². The number of benzene rings is 2. The third-order valence-corrected chi connectivity index (χ3v) is 8.96. The van der Waals surface area contributed by atoms with Crippen molar-refractivity contribution < 1.29 is 18.0 Å². The van der Waals surface area contributed by atoms with Gasteiger partial charge in [0.2, 0.25) is 11.8 Å². The number of piperidine rings is 1. The van der Waals surface area contributed by atoms with Gasteiger partial charge in [0.15, 0.2) is 0 Å². The summed E-state index contributed by atoms with van der Waals surface area (Å²) in [5.74, 6) is -0.913. The zero-order chi connectivity index (χ0) is 25.2. The number of fused-ring (bicyclic) bond motifs is 1. The molecule has 0 aromatic heterocycles. The number of hydrogen-bond acceptors (Lipinski definition) is 5. The number of hydrogen-bond donors (Lipinski definition) is 3. The molecule has 2 atom stereocenters. The minimum absolute atomic E-state index is 0.0534. The van der Waals surface area contributed by atoms with Gasteiger partial charge in [-0.3, -0.25) is 13.9 Å². The smallest absolute Gasteiger partial charge is 0.265 e. The predicted octanol–water partition coefficient (Wildman–Crippen LogP) is 3.51. The van der Waals surface area contributed by atoms with Crippen molar-refractivity contribution >= 4 is 44.8 Å². The fraction of sp³-hybridized carbons (Fsp3) is 0.440. The zero-order valence-electron chi connectivity index (χ0n) is 19.9. The lowest BCUT2D eigenvalue weighted by Crippen LogP contribution is -2.53. The number of para-hydroxylation sites is 2. The van der Waals surface area contributed by atoms with E-state index in [1.54, 1.807) is 44.2 Å². The van der Waals surface area contributed by atoms with Gasteiger partial charge in [-0.1, -0.05) is 30.2 Å². The normalized spacial score (nSPS) is 20.2. The van der Waals surface area contributed by atoms with Crippen LogP contribution < -0.4 is 20.3 Å². The molecule has 10 heteroatoms. The molecule has 2 aromatic carbocycles. The summed E-state index contributed by atoms with van der Waals surface area (Å²) in [7, 11) is -4.19. The molecule has 3 N–H and O–H groups in total. The van der Waals surface area contributed by atoms with E-state index in [1.807, 2.05) is 0 Å². The highest BCUT2D eigenvalue weighted by Gasteiger charge is 2.42. The van der Waals surface area contributed by atoms with Gasteiger partial charge in [-0.2, -0.15) is 0 Å². The molecule has 0 aliphatic carbocycles. The fourth-order valence-electron chi connectivity index (χ4n) is 4.68. The number of nitrogens with zero attached hydrogens (tertiary/aromatic N) is 1. The van der Waals surface area contributed by atoms with Crippen LogP contribution >= 0.6 is 11.6 Å². The Morgan fingerprint density at radius 3 is 2.69 bits per heavy atom. The first kappa shape index (κ1) is 25.5. The zero-order valence-corrected chi connectivity index (χ0v) is 21.5. The van der Waals surface area contributed by atoms with Crippen molar-refractivity contribution in [3.8, 4) is 0 Å². The number of rotatable bonds is 7. The van der Waals surface area contributed by atoms with Crippen molar-refractivity contribution in [1.82, 2.24) is 10.6 Å². The average molecular weight is 519 g/mol. The van der Waals surface area contributed by atoms with E-state index < -0.39 is 22.0 Å². The van der Waals surface area contributed by atoms with Gasteiger partial charge in [-0.25, -0.2) is 8.42 Å². The van der Waals surface area contributed by atoms with Gasteiger partial charge >= 0.3 is 0 Å². The maximum absolute atomic E-state index is 14.0. The van der Waals surface area contributed by atoms with Crippen LogP contribution in [0, 0.1) is 13.8 Å². The predicted molar refractivity (Wildman–Crippen MR) is 137 cm³/mol. The van der Waals surface area contributed by atoms with E-state index in [0.29, 0.717) is 40.1 Å². The molecule has 2 aliphatic rings. The van der Waals surface area contributed by atoms with Crippen LogP contribution in [0.25, 0.3) is 0 Å². The summed E-state index contributed by atoms with van der Waals surface area (Å²) in [6.45, 7) is 4.83. The summed E-state index contributed by atoms with van der Waals surface area (Å²) >= 11 is 6.20. The standard InChI is InChI=1S/C25H31ClN4O4S/c1-16-14-23(17(2)13-19(16)26)35(33,34)30-21-9-4-3-8-20(21)29-25(32)22(30)15-24(31)28-12-10-18-7-5-6-11-27-18/h3-4,8-9,13-14,18,22,27H,5-7,10-12,15H2,1-2H3,(H,28,31)(H,29,32). The Kier molecular flexibility index (Phi) is 7.68. The maximum Gasteiger partial charge on any atom is 0.265 e. The first-order chi connectivity index (χ1) is 16.7. The molecule has 2 unspecified atom stereocenters. The molecule has 2 heterocycles. The van der Waals surface area contributed by atoms with Crippen LogP contribution in [0.15, 0.2) is 41.3 Å². The number of amides is 2. The molecular formula is C25H31ClN4O4S. The van der Waals surface area contributed by atoms with Gasteiger partial charge in [0.25, 0.3) is 10.0 Å². The quantitative estimate of drug-likeness (QED) is 0.520. The van der Waals surface area contributed by atoms with Crippen LogP contribution in [0.5, 0.6) is 0 Å². The van der Waals surface area contributed by atoms with Gasteiger partial charge in [0.1, 0.15) is 6.04 Å². The molecule has 2 amide bonds. The van der Waals surface area contributed by atoms with Gasteiger partial charge < -0.3 is 16.0 Å². The Hall–Kier alpha value is -2.62. The first-order valence-corrected chi connectivity index (χ1v) is 13.7. The van der Waals surface area contributed by atoms with Gasteiger partial charge in [0.05, 0.1) is 22.7 Å². The molecular weight excluding hydrogens is 488 g/mol. The van der Waals surface area contributed by atoms with Crippen LogP contribution in [0.1, 0.15) is 43.2 Å². The summed E-state index contributed by atoms with van der Waals surface area (Å²) in [6.07, 6.45) is 3.91. The molecule has 2 aliphatic heterocycles. The first-order valence-electron chi connectivity index (χ1n) is 11.9. The van der Waals surface area contributed by atoms with E-state index in [9.17, 15) is 18.0 Å².